The van der Waals surface area contributed by atoms with Gasteiger partial charge in [-0.1, -0.05) is 35.3 Å². The topological polar surface area (TPSA) is 63.9 Å². The van der Waals surface area contributed by atoms with Gasteiger partial charge in [0.05, 0.1) is 28.2 Å². The van der Waals surface area contributed by atoms with Crippen molar-refractivity contribution in [2.24, 2.45) is 0 Å². The molecule has 0 aliphatic carbocycles. The average Bonchev–Trinajstić information content (AvgIpc) is 3.09. The molecule has 0 saturated carbocycles. The minimum absolute atomic E-state index is 0.00710. The van der Waals surface area contributed by atoms with Gasteiger partial charge in [0, 0.05) is 12.7 Å². The van der Waals surface area contributed by atoms with Crippen molar-refractivity contribution in [3.05, 3.63) is 64.0 Å². The molecular weight excluding hydrogens is 373 g/mol. The Kier molecular flexibility index (Phi) is 4.38. The second-order valence-electron chi connectivity index (χ2n) is 6.16. The van der Waals surface area contributed by atoms with Crippen molar-refractivity contribution >= 4 is 29.1 Å². The molecule has 4 rings (SSSR count). The first kappa shape index (κ1) is 17.0. The number of carbonyl (C=O) groups is 1. The Morgan fingerprint density at radius 1 is 1.15 bits per heavy atom. The molecule has 0 bridgehead atoms. The second kappa shape index (κ2) is 6.70. The van der Waals surface area contributed by atoms with Crippen LogP contribution in [0.15, 0.2) is 42.6 Å². The molecule has 26 heavy (non-hydrogen) atoms. The summed E-state index contributed by atoms with van der Waals surface area (Å²) in [5.41, 5.74) is 1.15. The number of amides is 1. The summed E-state index contributed by atoms with van der Waals surface area (Å²) in [6, 6.07) is 10.7. The normalized spacial score (nSPS) is 16.4. The molecule has 8 heteroatoms. The number of fused-ring (bicyclic) bond motifs is 1. The van der Waals surface area contributed by atoms with E-state index in [-0.39, 0.29) is 17.0 Å². The molecule has 6 nitrogen and oxygen atoms in total. The lowest BCUT2D eigenvalue weighted by Crippen LogP contribution is -2.40. The molecule has 1 aliphatic rings. The highest BCUT2D eigenvalue weighted by Gasteiger charge is 2.31. The highest BCUT2D eigenvalue weighted by Crippen LogP contribution is 2.30. The molecule has 0 saturated heterocycles. The monoisotopic (exact) mass is 387 g/mol. The number of carbonyl (C=O) groups excluding carboxylic acids is 1. The third-order valence-corrected chi connectivity index (χ3v) is 5.21. The zero-order valence-electron chi connectivity index (χ0n) is 13.9. The fourth-order valence-electron chi connectivity index (χ4n) is 3.19. The first-order valence-electron chi connectivity index (χ1n) is 8.14. The molecule has 2 aromatic heterocycles. The maximum atomic E-state index is 12.9. The molecule has 3 heterocycles. The largest absolute Gasteiger partial charge is 0.329 e. The van der Waals surface area contributed by atoms with Crippen LogP contribution in [0.1, 0.15) is 29.1 Å². The predicted molar refractivity (Wildman–Crippen MR) is 99.2 cm³/mol. The van der Waals surface area contributed by atoms with E-state index in [9.17, 15) is 4.79 Å². The van der Waals surface area contributed by atoms with Crippen LogP contribution in [-0.2, 0) is 6.54 Å². The molecule has 1 unspecified atom stereocenters. The van der Waals surface area contributed by atoms with Gasteiger partial charge in [-0.05, 0) is 31.2 Å². The Morgan fingerprint density at radius 2 is 2.00 bits per heavy atom. The molecule has 0 fully saturated rings. The summed E-state index contributed by atoms with van der Waals surface area (Å²) >= 11 is 12.2. The minimum atomic E-state index is -0.169. The van der Waals surface area contributed by atoms with Crippen molar-refractivity contribution < 1.29 is 4.79 Å². The summed E-state index contributed by atoms with van der Waals surface area (Å²) in [4.78, 5) is 19.0. The Morgan fingerprint density at radius 3 is 2.77 bits per heavy atom. The smallest absolute Gasteiger partial charge is 0.255 e. The van der Waals surface area contributed by atoms with Crippen molar-refractivity contribution in [1.29, 1.82) is 0 Å². The Labute approximate surface area is 160 Å². The molecule has 0 spiro atoms. The number of hydrogen-bond donors (Lipinski definition) is 0. The molecular formula is C18H15Cl2N5O. The molecule has 1 atom stereocenters. The number of hydrogen-bond acceptors (Lipinski definition) is 4. The summed E-state index contributed by atoms with van der Waals surface area (Å²) in [5.74, 6) is 1.26. The van der Waals surface area contributed by atoms with Crippen molar-refractivity contribution in [3.8, 4) is 11.5 Å². The van der Waals surface area contributed by atoms with E-state index >= 15 is 0 Å². The first-order valence-corrected chi connectivity index (χ1v) is 8.90. The standard InChI is InChI=1S/C18H15Cl2N5O/c1-11-9-24(18(26)12-5-4-6-13(19)16(12)20)10-15-22-23-17(25(11)15)14-7-2-3-8-21-14/h2-8,11H,9-10H2,1H3. The fourth-order valence-corrected chi connectivity index (χ4v) is 3.58. The van der Waals surface area contributed by atoms with E-state index < -0.39 is 0 Å². The quantitative estimate of drug-likeness (QED) is 0.669. The molecule has 1 amide bonds. The fraction of sp³-hybridized carbons (Fsp3) is 0.222. The van der Waals surface area contributed by atoms with E-state index in [0.717, 1.165) is 11.5 Å². The molecule has 0 radical (unpaired) electrons. The van der Waals surface area contributed by atoms with Crippen molar-refractivity contribution in [1.82, 2.24) is 24.6 Å². The van der Waals surface area contributed by atoms with Crippen LogP contribution in [0.4, 0.5) is 0 Å². The third kappa shape index (κ3) is 2.85. The zero-order valence-corrected chi connectivity index (χ0v) is 15.4. The van der Waals surface area contributed by atoms with Crippen LogP contribution in [0, 0.1) is 0 Å². The molecule has 1 aliphatic heterocycles. The van der Waals surface area contributed by atoms with Crippen LogP contribution in [0.5, 0.6) is 0 Å². The lowest BCUT2D eigenvalue weighted by atomic mass is 10.1. The number of rotatable bonds is 2. The number of nitrogens with zero attached hydrogens (tertiary/aromatic N) is 5. The van der Waals surface area contributed by atoms with E-state index in [1.165, 1.54) is 0 Å². The maximum Gasteiger partial charge on any atom is 0.255 e. The predicted octanol–water partition coefficient (Wildman–Crippen LogP) is 3.86. The minimum Gasteiger partial charge on any atom is -0.329 e. The van der Waals surface area contributed by atoms with E-state index in [4.69, 9.17) is 23.2 Å². The molecule has 0 N–H and O–H groups in total. The maximum absolute atomic E-state index is 12.9. The molecule has 1 aromatic carbocycles. The van der Waals surface area contributed by atoms with E-state index in [2.05, 4.69) is 15.2 Å². The first-order chi connectivity index (χ1) is 12.6. The Bertz CT molecular complexity index is 973. The van der Waals surface area contributed by atoms with Crippen LogP contribution in [-0.4, -0.2) is 37.1 Å². The third-order valence-electron chi connectivity index (χ3n) is 4.39. The van der Waals surface area contributed by atoms with Gasteiger partial charge in [0.1, 0.15) is 5.69 Å². The van der Waals surface area contributed by atoms with Gasteiger partial charge in [-0.2, -0.15) is 0 Å². The van der Waals surface area contributed by atoms with Gasteiger partial charge >= 0.3 is 0 Å². The summed E-state index contributed by atoms with van der Waals surface area (Å²) < 4.78 is 2.03. The Hall–Kier alpha value is -2.44. The van der Waals surface area contributed by atoms with Crippen LogP contribution >= 0.6 is 23.2 Å². The number of benzene rings is 1. The van der Waals surface area contributed by atoms with Gasteiger partial charge in [-0.15, -0.1) is 10.2 Å². The highest BCUT2D eigenvalue weighted by atomic mass is 35.5. The van der Waals surface area contributed by atoms with E-state index in [0.29, 0.717) is 29.5 Å². The summed E-state index contributed by atoms with van der Waals surface area (Å²) in [5, 5.41) is 9.19. The van der Waals surface area contributed by atoms with Crippen LogP contribution in [0.3, 0.4) is 0 Å². The Balaban J connectivity index is 1.66. The molecule has 3 aromatic rings. The lowest BCUT2D eigenvalue weighted by molar-refractivity contribution is 0.0682. The van der Waals surface area contributed by atoms with Gasteiger partial charge in [0.25, 0.3) is 5.91 Å². The zero-order chi connectivity index (χ0) is 18.3. The number of aromatic nitrogens is 4. The van der Waals surface area contributed by atoms with Gasteiger partial charge in [-0.3, -0.25) is 9.78 Å². The SMILES string of the molecule is CC1CN(C(=O)c2cccc(Cl)c2Cl)Cc2nnc(-c3ccccn3)n21. The summed E-state index contributed by atoms with van der Waals surface area (Å²) in [6.07, 6.45) is 1.72. The van der Waals surface area contributed by atoms with Gasteiger partial charge in [-0.25, -0.2) is 0 Å². The van der Waals surface area contributed by atoms with Gasteiger partial charge in [0.2, 0.25) is 0 Å². The number of halogens is 2. The van der Waals surface area contributed by atoms with Gasteiger partial charge in [0.15, 0.2) is 11.6 Å². The van der Waals surface area contributed by atoms with Crippen molar-refractivity contribution in [2.45, 2.75) is 19.5 Å². The van der Waals surface area contributed by atoms with Crippen LogP contribution in [0.25, 0.3) is 11.5 Å². The van der Waals surface area contributed by atoms with Gasteiger partial charge < -0.3 is 9.47 Å². The van der Waals surface area contributed by atoms with E-state index in [1.807, 2.05) is 29.7 Å². The summed E-state index contributed by atoms with van der Waals surface area (Å²) in [7, 11) is 0. The average molecular weight is 388 g/mol. The summed E-state index contributed by atoms with van der Waals surface area (Å²) in [6.45, 7) is 2.90. The number of pyridine rings is 1. The van der Waals surface area contributed by atoms with E-state index in [1.54, 1.807) is 29.3 Å². The van der Waals surface area contributed by atoms with Crippen LogP contribution in [0.2, 0.25) is 10.0 Å². The van der Waals surface area contributed by atoms with Crippen molar-refractivity contribution in [3.63, 3.8) is 0 Å². The lowest BCUT2D eigenvalue weighted by Gasteiger charge is -2.32. The highest BCUT2D eigenvalue weighted by molar-refractivity contribution is 6.43. The van der Waals surface area contributed by atoms with Crippen LogP contribution < -0.4 is 0 Å². The second-order valence-corrected chi connectivity index (χ2v) is 6.95. The van der Waals surface area contributed by atoms with Crippen molar-refractivity contribution in [2.75, 3.05) is 6.54 Å². The molecule has 132 valence electrons.